The summed E-state index contributed by atoms with van der Waals surface area (Å²) < 4.78 is 30.2. The highest BCUT2D eigenvalue weighted by molar-refractivity contribution is 7.93. The Morgan fingerprint density at radius 1 is 1.08 bits per heavy atom. The van der Waals surface area contributed by atoms with Crippen LogP contribution >= 0.6 is 0 Å². The van der Waals surface area contributed by atoms with Crippen molar-refractivity contribution >= 4 is 27.6 Å². The second-order valence-electron chi connectivity index (χ2n) is 6.77. The Labute approximate surface area is 153 Å². The van der Waals surface area contributed by atoms with Crippen LogP contribution in [0.25, 0.3) is 0 Å². The molecule has 1 heterocycles. The molecule has 1 saturated carbocycles. The number of rotatable bonds is 5. The Hall–Kier alpha value is -2.09. The number of nitrogens with one attached hydrogen (secondary N) is 1. The van der Waals surface area contributed by atoms with Crippen LogP contribution in [0.1, 0.15) is 48.9 Å². The molecule has 0 spiro atoms. The summed E-state index contributed by atoms with van der Waals surface area (Å²) in [4.78, 5) is 24.0. The van der Waals surface area contributed by atoms with E-state index in [9.17, 15) is 18.0 Å². The summed E-state index contributed by atoms with van der Waals surface area (Å²) in [5.74, 6) is -0.739. The summed E-state index contributed by atoms with van der Waals surface area (Å²) in [6, 6.07) is 6.38. The van der Waals surface area contributed by atoms with Gasteiger partial charge in [0.2, 0.25) is 10.0 Å². The zero-order valence-corrected chi connectivity index (χ0v) is 15.5. The van der Waals surface area contributed by atoms with Crippen LogP contribution in [0, 0.1) is 0 Å². The Kier molecular flexibility index (Phi) is 5.80. The summed E-state index contributed by atoms with van der Waals surface area (Å²) in [6.07, 6.45) is 5.98. The van der Waals surface area contributed by atoms with Crippen LogP contribution in [0.4, 0.5) is 5.69 Å². The van der Waals surface area contributed by atoms with Gasteiger partial charge < -0.3 is 10.1 Å². The molecule has 1 amide bonds. The first-order valence-corrected chi connectivity index (χ1v) is 10.6. The highest BCUT2D eigenvalue weighted by atomic mass is 32.2. The summed E-state index contributed by atoms with van der Waals surface area (Å²) in [6.45, 7) is 0.144. The zero-order chi connectivity index (χ0) is 18.6. The maximum atomic E-state index is 12.1. The largest absolute Gasteiger partial charge is 0.452 e. The Balaban J connectivity index is 1.51. The normalized spacial score (nSPS) is 19.9. The van der Waals surface area contributed by atoms with E-state index in [2.05, 4.69) is 5.32 Å². The number of nitrogens with zero attached hydrogens (tertiary/aromatic N) is 1. The van der Waals surface area contributed by atoms with Gasteiger partial charge in [-0.05, 0) is 43.5 Å². The monoisotopic (exact) mass is 380 g/mol. The number of sulfonamides is 1. The van der Waals surface area contributed by atoms with Crippen molar-refractivity contribution in [3.05, 3.63) is 29.8 Å². The molecule has 0 unspecified atom stereocenters. The molecule has 1 N–H and O–H groups in total. The lowest BCUT2D eigenvalue weighted by Crippen LogP contribution is -2.38. The quantitative estimate of drug-likeness (QED) is 0.787. The molecule has 0 bridgehead atoms. The molecule has 1 aromatic rings. The third kappa shape index (κ3) is 4.55. The van der Waals surface area contributed by atoms with Gasteiger partial charge in [0.05, 0.1) is 17.0 Å². The van der Waals surface area contributed by atoms with Crippen LogP contribution in [0.15, 0.2) is 24.3 Å². The van der Waals surface area contributed by atoms with Gasteiger partial charge in [-0.2, -0.15) is 0 Å². The number of benzene rings is 1. The lowest BCUT2D eigenvalue weighted by atomic mass is 9.95. The van der Waals surface area contributed by atoms with E-state index in [4.69, 9.17) is 4.74 Å². The predicted octanol–water partition coefficient (Wildman–Crippen LogP) is 1.83. The van der Waals surface area contributed by atoms with Crippen LogP contribution in [-0.2, 0) is 19.6 Å². The Morgan fingerprint density at radius 3 is 2.38 bits per heavy atom. The van der Waals surface area contributed by atoms with E-state index in [-0.39, 0.29) is 29.9 Å². The van der Waals surface area contributed by atoms with Crippen molar-refractivity contribution in [3.63, 3.8) is 0 Å². The average molecular weight is 380 g/mol. The van der Waals surface area contributed by atoms with E-state index >= 15 is 0 Å². The smallest absolute Gasteiger partial charge is 0.338 e. The topological polar surface area (TPSA) is 92.8 Å². The Morgan fingerprint density at radius 2 is 1.77 bits per heavy atom. The summed E-state index contributed by atoms with van der Waals surface area (Å²) in [7, 11) is -3.24. The van der Waals surface area contributed by atoms with Gasteiger partial charge in [-0.3, -0.25) is 9.10 Å². The van der Waals surface area contributed by atoms with Crippen LogP contribution < -0.4 is 9.62 Å². The minimum atomic E-state index is -3.24. The molecule has 142 valence electrons. The third-order valence-electron chi connectivity index (χ3n) is 4.79. The van der Waals surface area contributed by atoms with Crippen molar-refractivity contribution in [2.45, 2.75) is 44.6 Å². The minimum Gasteiger partial charge on any atom is -0.452 e. The number of amides is 1. The molecule has 2 fully saturated rings. The molecule has 1 aliphatic heterocycles. The second kappa shape index (κ2) is 8.07. The van der Waals surface area contributed by atoms with Crippen LogP contribution in [0.5, 0.6) is 0 Å². The number of ether oxygens (including phenoxy) is 1. The zero-order valence-electron chi connectivity index (χ0n) is 14.6. The molecule has 2 aliphatic rings. The van der Waals surface area contributed by atoms with Crippen molar-refractivity contribution < 1.29 is 22.7 Å². The lowest BCUT2D eigenvalue weighted by molar-refractivity contribution is -0.125. The SMILES string of the molecule is O=C(COC(=O)c1ccc(N2CCCS2(=O)=O)cc1)NC1CCCCC1. The first kappa shape index (κ1) is 18.7. The van der Waals surface area contributed by atoms with E-state index < -0.39 is 16.0 Å². The maximum Gasteiger partial charge on any atom is 0.338 e. The number of carbonyl (C=O) groups is 2. The first-order valence-electron chi connectivity index (χ1n) is 9.03. The number of anilines is 1. The molecule has 0 atom stereocenters. The van der Waals surface area contributed by atoms with E-state index in [1.165, 1.54) is 22.9 Å². The summed E-state index contributed by atoms with van der Waals surface area (Å²) in [5.41, 5.74) is 0.824. The standard InChI is InChI=1S/C18H24N2O5S/c21-17(19-15-5-2-1-3-6-15)13-25-18(22)14-7-9-16(10-8-14)20-11-4-12-26(20,23)24/h7-10,15H,1-6,11-13H2,(H,19,21). The fourth-order valence-electron chi connectivity index (χ4n) is 3.42. The fraction of sp³-hybridized carbons (Fsp3) is 0.556. The summed E-state index contributed by atoms with van der Waals surface area (Å²) >= 11 is 0. The number of hydrogen-bond acceptors (Lipinski definition) is 5. The van der Waals surface area contributed by atoms with Crippen molar-refractivity contribution in [1.82, 2.24) is 5.32 Å². The highest BCUT2D eigenvalue weighted by Gasteiger charge is 2.28. The molecule has 26 heavy (non-hydrogen) atoms. The second-order valence-corrected chi connectivity index (χ2v) is 8.78. The van der Waals surface area contributed by atoms with Gasteiger partial charge in [0.15, 0.2) is 6.61 Å². The molecule has 1 saturated heterocycles. The fourth-order valence-corrected chi connectivity index (χ4v) is 4.99. The van der Waals surface area contributed by atoms with Crippen LogP contribution in [0.2, 0.25) is 0 Å². The van der Waals surface area contributed by atoms with Crippen molar-refractivity contribution in [2.24, 2.45) is 0 Å². The molecule has 3 rings (SSSR count). The van der Waals surface area contributed by atoms with Gasteiger partial charge in [-0.15, -0.1) is 0 Å². The number of hydrogen-bond donors (Lipinski definition) is 1. The maximum absolute atomic E-state index is 12.1. The first-order chi connectivity index (χ1) is 12.5. The number of esters is 1. The van der Waals surface area contributed by atoms with E-state index in [1.54, 1.807) is 12.1 Å². The number of carbonyl (C=O) groups excluding carboxylic acids is 2. The van der Waals surface area contributed by atoms with Crippen LogP contribution in [-0.4, -0.2) is 45.2 Å². The molecule has 1 aliphatic carbocycles. The molecule has 0 aromatic heterocycles. The summed E-state index contributed by atoms with van der Waals surface area (Å²) in [5, 5.41) is 2.89. The van der Waals surface area contributed by atoms with E-state index in [0.717, 1.165) is 25.7 Å². The average Bonchev–Trinajstić information content (AvgIpc) is 3.00. The van der Waals surface area contributed by atoms with Crippen molar-refractivity contribution in [2.75, 3.05) is 23.2 Å². The highest BCUT2D eigenvalue weighted by Crippen LogP contribution is 2.24. The Bertz CT molecular complexity index is 754. The lowest BCUT2D eigenvalue weighted by Gasteiger charge is -2.22. The van der Waals surface area contributed by atoms with Gasteiger partial charge in [0, 0.05) is 12.6 Å². The molecular formula is C18H24N2O5S. The van der Waals surface area contributed by atoms with E-state index in [1.807, 2.05) is 0 Å². The van der Waals surface area contributed by atoms with Crippen molar-refractivity contribution in [3.8, 4) is 0 Å². The van der Waals surface area contributed by atoms with Crippen LogP contribution in [0.3, 0.4) is 0 Å². The predicted molar refractivity (Wildman–Crippen MR) is 97.5 cm³/mol. The van der Waals surface area contributed by atoms with E-state index in [0.29, 0.717) is 18.7 Å². The molecule has 0 radical (unpaired) electrons. The molecule has 8 heteroatoms. The van der Waals surface area contributed by atoms with Gasteiger partial charge in [-0.25, -0.2) is 13.2 Å². The van der Waals surface area contributed by atoms with Crippen molar-refractivity contribution in [1.29, 1.82) is 0 Å². The minimum absolute atomic E-state index is 0.146. The third-order valence-corrected chi connectivity index (χ3v) is 6.66. The van der Waals surface area contributed by atoms with Gasteiger partial charge >= 0.3 is 5.97 Å². The molecule has 7 nitrogen and oxygen atoms in total. The van der Waals surface area contributed by atoms with Gasteiger partial charge in [0.25, 0.3) is 5.91 Å². The van der Waals surface area contributed by atoms with Gasteiger partial charge in [0.1, 0.15) is 0 Å². The molecular weight excluding hydrogens is 356 g/mol. The van der Waals surface area contributed by atoms with Gasteiger partial charge in [-0.1, -0.05) is 19.3 Å². The molecule has 1 aromatic carbocycles.